The molecule has 0 spiro atoms. The number of hydrogen-bond donors (Lipinski definition) is 1. The predicted molar refractivity (Wildman–Crippen MR) is 63.6 cm³/mol. The summed E-state index contributed by atoms with van der Waals surface area (Å²) < 4.78 is 10.2. The fourth-order valence-electron chi connectivity index (χ4n) is 1.49. The molecule has 0 saturated heterocycles. The molecule has 18 heavy (non-hydrogen) atoms. The molecular formula is C12H10N4O2. The average molecular weight is 242 g/mol. The highest BCUT2D eigenvalue weighted by Gasteiger charge is 2.07. The number of aromatic nitrogens is 3. The minimum absolute atomic E-state index is 0.358. The summed E-state index contributed by atoms with van der Waals surface area (Å²) in [5.41, 5.74) is 1.66. The molecule has 0 bridgehead atoms. The quantitative estimate of drug-likeness (QED) is 0.756. The van der Waals surface area contributed by atoms with E-state index in [1.807, 2.05) is 30.3 Å². The highest BCUT2D eigenvalue weighted by molar-refractivity contribution is 5.52. The molecule has 90 valence electrons. The van der Waals surface area contributed by atoms with E-state index in [0.29, 0.717) is 18.5 Å². The van der Waals surface area contributed by atoms with E-state index in [0.717, 1.165) is 11.3 Å². The van der Waals surface area contributed by atoms with Crippen LogP contribution in [0.5, 0.6) is 0 Å². The molecular weight excluding hydrogens is 232 g/mol. The molecule has 3 aromatic rings. The van der Waals surface area contributed by atoms with Crippen LogP contribution in [0.4, 0.5) is 6.01 Å². The summed E-state index contributed by atoms with van der Waals surface area (Å²) in [6, 6.07) is 11.7. The van der Waals surface area contributed by atoms with E-state index >= 15 is 0 Å². The smallest absolute Gasteiger partial charge is 0.316 e. The SMILES string of the molecule is c1ccc(-c2nnc(NCc3ccon3)o2)cc1. The standard InChI is InChI=1S/C12H10N4O2/c1-2-4-9(5-3-1)11-14-15-12(18-11)13-8-10-6-7-17-16-10/h1-7H,8H2,(H,13,15). The van der Waals surface area contributed by atoms with Gasteiger partial charge in [0.1, 0.15) is 12.0 Å². The van der Waals surface area contributed by atoms with E-state index in [2.05, 4.69) is 20.7 Å². The monoisotopic (exact) mass is 242 g/mol. The Labute approximate surface area is 103 Å². The molecule has 0 saturated carbocycles. The van der Waals surface area contributed by atoms with Gasteiger partial charge in [-0.2, -0.15) is 0 Å². The van der Waals surface area contributed by atoms with E-state index < -0.39 is 0 Å². The number of nitrogens with zero attached hydrogens (tertiary/aromatic N) is 3. The summed E-state index contributed by atoms with van der Waals surface area (Å²) in [5, 5.41) is 14.6. The van der Waals surface area contributed by atoms with Gasteiger partial charge in [0.2, 0.25) is 5.89 Å². The van der Waals surface area contributed by atoms with Crippen molar-refractivity contribution in [2.45, 2.75) is 6.54 Å². The number of benzene rings is 1. The van der Waals surface area contributed by atoms with Crippen molar-refractivity contribution in [3.63, 3.8) is 0 Å². The highest BCUT2D eigenvalue weighted by atomic mass is 16.5. The zero-order valence-electron chi connectivity index (χ0n) is 9.41. The summed E-state index contributed by atoms with van der Waals surface area (Å²) in [6.07, 6.45) is 1.51. The topological polar surface area (TPSA) is 77.0 Å². The van der Waals surface area contributed by atoms with Crippen LogP contribution in [0, 0.1) is 0 Å². The molecule has 1 aromatic carbocycles. The van der Waals surface area contributed by atoms with Crippen molar-refractivity contribution in [1.82, 2.24) is 15.4 Å². The summed E-state index contributed by atoms with van der Waals surface area (Å²) >= 11 is 0. The Balaban J connectivity index is 1.70. The number of hydrogen-bond acceptors (Lipinski definition) is 6. The van der Waals surface area contributed by atoms with Crippen molar-refractivity contribution in [3.8, 4) is 11.5 Å². The molecule has 6 heteroatoms. The van der Waals surface area contributed by atoms with Crippen molar-refractivity contribution in [3.05, 3.63) is 48.4 Å². The van der Waals surface area contributed by atoms with Gasteiger partial charge in [-0.15, -0.1) is 5.10 Å². The van der Waals surface area contributed by atoms with Gasteiger partial charge in [-0.05, 0) is 12.1 Å². The van der Waals surface area contributed by atoms with Gasteiger partial charge in [0, 0.05) is 11.6 Å². The maximum Gasteiger partial charge on any atom is 0.316 e. The zero-order chi connectivity index (χ0) is 12.2. The van der Waals surface area contributed by atoms with Crippen LogP contribution >= 0.6 is 0 Å². The lowest BCUT2D eigenvalue weighted by atomic mass is 10.2. The van der Waals surface area contributed by atoms with Gasteiger partial charge < -0.3 is 14.3 Å². The molecule has 0 unspecified atom stereocenters. The Bertz CT molecular complexity index is 604. The van der Waals surface area contributed by atoms with Crippen molar-refractivity contribution in [1.29, 1.82) is 0 Å². The predicted octanol–water partition coefficient (Wildman–Crippen LogP) is 2.34. The Morgan fingerprint density at radius 1 is 1.06 bits per heavy atom. The Morgan fingerprint density at radius 2 is 1.94 bits per heavy atom. The molecule has 0 radical (unpaired) electrons. The van der Waals surface area contributed by atoms with Crippen molar-refractivity contribution >= 4 is 6.01 Å². The van der Waals surface area contributed by atoms with E-state index in [-0.39, 0.29) is 0 Å². The van der Waals surface area contributed by atoms with Crippen LogP contribution in [-0.2, 0) is 6.54 Å². The van der Waals surface area contributed by atoms with Crippen LogP contribution in [0.1, 0.15) is 5.69 Å². The molecule has 0 atom stereocenters. The first-order valence-corrected chi connectivity index (χ1v) is 5.44. The van der Waals surface area contributed by atoms with Crippen molar-refractivity contribution < 1.29 is 8.94 Å². The van der Waals surface area contributed by atoms with Crippen LogP contribution in [0.3, 0.4) is 0 Å². The normalized spacial score (nSPS) is 10.4. The molecule has 3 rings (SSSR count). The summed E-state index contributed by atoms with van der Waals surface area (Å²) in [7, 11) is 0. The fourth-order valence-corrected chi connectivity index (χ4v) is 1.49. The van der Waals surface area contributed by atoms with Crippen LogP contribution < -0.4 is 5.32 Å². The first kappa shape index (κ1) is 10.5. The molecule has 0 amide bonds. The first-order chi connectivity index (χ1) is 8.92. The number of rotatable bonds is 4. The van der Waals surface area contributed by atoms with Gasteiger partial charge in [-0.3, -0.25) is 0 Å². The van der Waals surface area contributed by atoms with Gasteiger partial charge in [-0.1, -0.05) is 28.5 Å². The van der Waals surface area contributed by atoms with Crippen LogP contribution in [0.15, 0.2) is 51.6 Å². The minimum atomic E-state index is 0.358. The van der Waals surface area contributed by atoms with Gasteiger partial charge in [0.25, 0.3) is 0 Å². The minimum Gasteiger partial charge on any atom is -0.403 e. The second-order valence-electron chi connectivity index (χ2n) is 3.62. The molecule has 0 fully saturated rings. The lowest BCUT2D eigenvalue weighted by molar-refractivity contribution is 0.412. The number of anilines is 1. The second kappa shape index (κ2) is 4.70. The van der Waals surface area contributed by atoms with Crippen molar-refractivity contribution in [2.75, 3.05) is 5.32 Å². The first-order valence-electron chi connectivity index (χ1n) is 5.44. The maximum absolute atomic E-state index is 5.48. The lowest BCUT2D eigenvalue weighted by Crippen LogP contribution is -1.99. The third kappa shape index (κ3) is 2.22. The van der Waals surface area contributed by atoms with Gasteiger partial charge in [0.05, 0.1) is 6.54 Å². The van der Waals surface area contributed by atoms with Gasteiger partial charge >= 0.3 is 6.01 Å². The summed E-state index contributed by atoms with van der Waals surface area (Å²) in [6.45, 7) is 0.479. The third-order valence-corrected chi connectivity index (χ3v) is 2.36. The Morgan fingerprint density at radius 3 is 2.72 bits per heavy atom. The van der Waals surface area contributed by atoms with Gasteiger partial charge in [0.15, 0.2) is 0 Å². The molecule has 2 aromatic heterocycles. The van der Waals surface area contributed by atoms with Gasteiger partial charge in [-0.25, -0.2) is 0 Å². The summed E-state index contributed by atoms with van der Waals surface area (Å²) in [4.78, 5) is 0. The molecule has 0 aliphatic rings. The van der Waals surface area contributed by atoms with Crippen LogP contribution in [0.25, 0.3) is 11.5 Å². The molecule has 6 nitrogen and oxygen atoms in total. The number of nitrogens with one attached hydrogen (secondary N) is 1. The van der Waals surface area contributed by atoms with Crippen LogP contribution in [0.2, 0.25) is 0 Å². The average Bonchev–Trinajstić information content (AvgIpc) is 3.09. The van der Waals surface area contributed by atoms with E-state index in [1.54, 1.807) is 6.07 Å². The van der Waals surface area contributed by atoms with E-state index in [1.165, 1.54) is 6.26 Å². The fraction of sp³-hybridized carbons (Fsp3) is 0.0833. The lowest BCUT2D eigenvalue weighted by Gasteiger charge is -1.96. The van der Waals surface area contributed by atoms with Crippen LogP contribution in [-0.4, -0.2) is 15.4 Å². The maximum atomic E-state index is 5.48. The zero-order valence-corrected chi connectivity index (χ0v) is 9.41. The Hall–Kier alpha value is -2.63. The molecule has 0 aliphatic heterocycles. The molecule has 1 N–H and O–H groups in total. The third-order valence-electron chi connectivity index (χ3n) is 2.36. The largest absolute Gasteiger partial charge is 0.403 e. The summed E-state index contributed by atoms with van der Waals surface area (Å²) in [5.74, 6) is 0.484. The second-order valence-corrected chi connectivity index (χ2v) is 3.62. The molecule has 2 heterocycles. The van der Waals surface area contributed by atoms with E-state index in [9.17, 15) is 0 Å². The molecule has 0 aliphatic carbocycles. The van der Waals surface area contributed by atoms with E-state index in [4.69, 9.17) is 8.94 Å². The highest BCUT2D eigenvalue weighted by Crippen LogP contribution is 2.19. The van der Waals surface area contributed by atoms with Crippen molar-refractivity contribution in [2.24, 2.45) is 0 Å². The Kier molecular flexibility index (Phi) is 2.75.